The second-order valence-corrected chi connectivity index (χ2v) is 7.56. The van der Waals surface area contributed by atoms with Gasteiger partial charge in [0.2, 0.25) is 10.0 Å². The number of nitrogens with zero attached hydrogens (tertiary/aromatic N) is 2. The number of sulfonamides is 1. The Morgan fingerprint density at radius 1 is 1.28 bits per heavy atom. The van der Waals surface area contributed by atoms with Crippen LogP contribution in [0.5, 0.6) is 0 Å². The summed E-state index contributed by atoms with van der Waals surface area (Å²) in [6.07, 6.45) is 0. The number of carbonyl (C=O) groups is 1. The summed E-state index contributed by atoms with van der Waals surface area (Å²) in [4.78, 5) is 12.1. The molecule has 0 unspecified atom stereocenters. The number of esters is 1. The summed E-state index contributed by atoms with van der Waals surface area (Å²) in [7, 11) is -3.79. The second-order valence-electron chi connectivity index (χ2n) is 5.25. The zero-order valence-electron chi connectivity index (χ0n) is 14.2. The van der Waals surface area contributed by atoms with Gasteiger partial charge in [-0.25, -0.2) is 13.2 Å². The van der Waals surface area contributed by atoms with Crippen LogP contribution in [0.1, 0.15) is 35.7 Å². The van der Waals surface area contributed by atoms with Crippen LogP contribution in [0, 0.1) is 6.92 Å². The highest BCUT2D eigenvalue weighted by Gasteiger charge is 2.26. The molecule has 1 aromatic carbocycles. The Kier molecular flexibility index (Phi) is 6.21. The molecular weight excluding hydrogens is 368 g/mol. The molecule has 0 atom stereocenters. The molecule has 136 valence electrons. The van der Waals surface area contributed by atoms with E-state index in [1.54, 1.807) is 26.8 Å². The predicted octanol–water partition coefficient (Wildman–Crippen LogP) is 3.02. The molecule has 1 aromatic heterocycles. The van der Waals surface area contributed by atoms with Gasteiger partial charge in [0.25, 0.3) is 0 Å². The minimum atomic E-state index is -3.79. The number of carbonyl (C=O) groups excluding carboxylic acids is 1. The first-order valence-electron chi connectivity index (χ1n) is 7.68. The number of rotatable bonds is 7. The average Bonchev–Trinajstić information content (AvgIpc) is 2.99. The van der Waals surface area contributed by atoms with Crippen molar-refractivity contribution < 1.29 is 22.5 Å². The molecular formula is C16H19ClN2O5S. The van der Waals surface area contributed by atoms with E-state index in [-0.39, 0.29) is 22.1 Å². The van der Waals surface area contributed by atoms with E-state index in [0.29, 0.717) is 24.5 Å². The van der Waals surface area contributed by atoms with Gasteiger partial charge in [0.1, 0.15) is 4.90 Å². The summed E-state index contributed by atoms with van der Waals surface area (Å²) in [5.74, 6) is -0.280. The third-order valence-corrected chi connectivity index (χ3v) is 6.04. The van der Waals surface area contributed by atoms with Crippen molar-refractivity contribution in [3.8, 4) is 0 Å². The van der Waals surface area contributed by atoms with Gasteiger partial charge in [-0.3, -0.25) is 0 Å². The van der Waals surface area contributed by atoms with E-state index in [9.17, 15) is 13.2 Å². The first-order valence-corrected chi connectivity index (χ1v) is 9.50. The van der Waals surface area contributed by atoms with Crippen molar-refractivity contribution in [2.24, 2.45) is 0 Å². The van der Waals surface area contributed by atoms with Crippen molar-refractivity contribution in [2.45, 2.75) is 32.3 Å². The summed E-state index contributed by atoms with van der Waals surface area (Å²) in [5, 5.41) is 3.75. The number of benzene rings is 1. The van der Waals surface area contributed by atoms with E-state index in [1.807, 2.05) is 0 Å². The Balaban J connectivity index is 2.24. The van der Waals surface area contributed by atoms with E-state index >= 15 is 0 Å². The van der Waals surface area contributed by atoms with Gasteiger partial charge in [-0.15, -0.1) is 0 Å². The lowest BCUT2D eigenvalue weighted by Gasteiger charge is -2.19. The second kappa shape index (κ2) is 7.99. The number of aromatic nitrogens is 1. The van der Waals surface area contributed by atoms with Crippen molar-refractivity contribution in [1.82, 2.24) is 9.46 Å². The average molecular weight is 387 g/mol. The molecule has 0 amide bonds. The highest BCUT2D eigenvalue weighted by Crippen LogP contribution is 2.26. The topological polar surface area (TPSA) is 89.7 Å². The summed E-state index contributed by atoms with van der Waals surface area (Å²) in [6.45, 7) is 5.71. The maximum atomic E-state index is 12.6. The van der Waals surface area contributed by atoms with Gasteiger partial charge in [0, 0.05) is 19.2 Å². The van der Waals surface area contributed by atoms with Crippen LogP contribution in [0.4, 0.5) is 0 Å². The lowest BCUT2D eigenvalue weighted by molar-refractivity contribution is 0.0437. The van der Waals surface area contributed by atoms with Gasteiger partial charge < -0.3 is 9.26 Å². The maximum absolute atomic E-state index is 12.6. The minimum Gasteiger partial charge on any atom is -0.454 e. The standard InChI is InChI=1S/C16H19ClN2O5S/c1-4-19(5-2)25(21,22)15-9-12(6-7-14(15)17)16(20)23-10-13-8-11(3)18-24-13/h6-9H,4-5,10H2,1-3H3. The molecule has 0 fully saturated rings. The van der Waals surface area contributed by atoms with Crippen LogP contribution in [-0.4, -0.2) is 36.9 Å². The Labute approximate surface area is 151 Å². The highest BCUT2D eigenvalue weighted by molar-refractivity contribution is 7.89. The first-order chi connectivity index (χ1) is 11.8. The molecule has 0 aliphatic carbocycles. The van der Waals surface area contributed by atoms with Crippen molar-refractivity contribution in [1.29, 1.82) is 0 Å². The fraction of sp³-hybridized carbons (Fsp3) is 0.375. The molecule has 25 heavy (non-hydrogen) atoms. The fourth-order valence-corrected chi connectivity index (χ4v) is 4.19. The smallest absolute Gasteiger partial charge is 0.338 e. The quantitative estimate of drug-likeness (QED) is 0.679. The van der Waals surface area contributed by atoms with Crippen LogP contribution >= 0.6 is 11.6 Å². The summed E-state index contributed by atoms with van der Waals surface area (Å²) >= 11 is 6.04. The van der Waals surface area contributed by atoms with Crippen LogP contribution in [0.25, 0.3) is 0 Å². The molecule has 0 radical (unpaired) electrons. The maximum Gasteiger partial charge on any atom is 0.338 e. The summed E-state index contributed by atoms with van der Waals surface area (Å²) in [5.41, 5.74) is 0.761. The Hall–Kier alpha value is -1.90. The Morgan fingerprint density at radius 2 is 1.96 bits per heavy atom. The molecule has 0 aliphatic rings. The van der Waals surface area contributed by atoms with Gasteiger partial charge in [0.05, 0.1) is 16.3 Å². The van der Waals surface area contributed by atoms with Gasteiger partial charge in [-0.05, 0) is 25.1 Å². The molecule has 2 rings (SSSR count). The number of aryl methyl sites for hydroxylation is 1. The molecule has 0 N–H and O–H groups in total. The molecule has 0 spiro atoms. The number of hydrogen-bond donors (Lipinski definition) is 0. The zero-order valence-corrected chi connectivity index (χ0v) is 15.7. The van der Waals surface area contributed by atoms with Crippen LogP contribution in [0.15, 0.2) is 33.7 Å². The van der Waals surface area contributed by atoms with Crippen LogP contribution in [-0.2, 0) is 21.4 Å². The Morgan fingerprint density at radius 3 is 2.52 bits per heavy atom. The largest absolute Gasteiger partial charge is 0.454 e. The molecule has 7 nitrogen and oxygen atoms in total. The number of halogens is 1. The summed E-state index contributed by atoms with van der Waals surface area (Å²) < 4.78 is 36.6. The van der Waals surface area contributed by atoms with Crippen molar-refractivity contribution in [2.75, 3.05) is 13.1 Å². The molecule has 0 aliphatic heterocycles. The molecule has 0 bridgehead atoms. The van der Waals surface area contributed by atoms with E-state index in [1.165, 1.54) is 22.5 Å². The molecule has 0 saturated heterocycles. The monoisotopic (exact) mass is 386 g/mol. The normalized spacial score (nSPS) is 11.7. The third kappa shape index (κ3) is 4.39. The van der Waals surface area contributed by atoms with E-state index < -0.39 is 16.0 Å². The van der Waals surface area contributed by atoms with Crippen LogP contribution in [0.3, 0.4) is 0 Å². The van der Waals surface area contributed by atoms with E-state index in [0.717, 1.165) is 0 Å². The van der Waals surface area contributed by atoms with Gasteiger partial charge >= 0.3 is 5.97 Å². The lowest BCUT2D eigenvalue weighted by Crippen LogP contribution is -2.31. The minimum absolute atomic E-state index is 0.0503. The van der Waals surface area contributed by atoms with Gasteiger partial charge in [-0.2, -0.15) is 4.31 Å². The molecule has 1 heterocycles. The molecule has 2 aromatic rings. The lowest BCUT2D eigenvalue weighted by atomic mass is 10.2. The SMILES string of the molecule is CCN(CC)S(=O)(=O)c1cc(C(=O)OCc2cc(C)no2)ccc1Cl. The van der Waals surface area contributed by atoms with E-state index in [2.05, 4.69) is 5.16 Å². The Bertz CT molecular complexity index is 859. The van der Waals surface area contributed by atoms with Crippen LogP contribution in [0.2, 0.25) is 5.02 Å². The van der Waals surface area contributed by atoms with Gasteiger partial charge in [-0.1, -0.05) is 30.6 Å². The third-order valence-electron chi connectivity index (χ3n) is 3.51. The van der Waals surface area contributed by atoms with Crippen LogP contribution < -0.4 is 0 Å². The molecule has 9 heteroatoms. The number of hydrogen-bond acceptors (Lipinski definition) is 6. The highest BCUT2D eigenvalue weighted by atomic mass is 35.5. The van der Waals surface area contributed by atoms with Crippen molar-refractivity contribution in [3.05, 3.63) is 46.3 Å². The fourth-order valence-electron chi connectivity index (χ4n) is 2.23. The first kappa shape index (κ1) is 19.4. The van der Waals surface area contributed by atoms with Crippen molar-refractivity contribution >= 4 is 27.6 Å². The zero-order chi connectivity index (χ0) is 18.6. The predicted molar refractivity (Wildman–Crippen MR) is 91.9 cm³/mol. The summed E-state index contributed by atoms with van der Waals surface area (Å²) in [6, 6.07) is 5.65. The number of ether oxygens (including phenoxy) is 1. The molecule has 0 saturated carbocycles. The van der Waals surface area contributed by atoms with E-state index in [4.69, 9.17) is 20.9 Å². The van der Waals surface area contributed by atoms with Crippen molar-refractivity contribution in [3.63, 3.8) is 0 Å². The van der Waals surface area contributed by atoms with Gasteiger partial charge in [0.15, 0.2) is 12.4 Å².